The Hall–Kier alpha value is -3.36. The van der Waals surface area contributed by atoms with E-state index in [1.54, 1.807) is 50.4 Å². The number of carbonyl (C=O) groups is 1. The second-order valence-electron chi connectivity index (χ2n) is 7.43. The van der Waals surface area contributed by atoms with E-state index in [2.05, 4.69) is 10.0 Å². The third kappa shape index (κ3) is 6.34. The van der Waals surface area contributed by atoms with Gasteiger partial charge in [0.15, 0.2) is 0 Å². The quantitative estimate of drug-likeness (QED) is 0.436. The molecule has 0 saturated carbocycles. The normalized spacial score (nSPS) is 13.1. The van der Waals surface area contributed by atoms with Gasteiger partial charge in [-0.15, -0.1) is 0 Å². The predicted molar refractivity (Wildman–Crippen MR) is 128 cm³/mol. The molecule has 0 aliphatic rings. The number of ether oxygens (including phenoxy) is 2. The molecule has 0 amide bonds. The van der Waals surface area contributed by atoms with Crippen LogP contribution in [0.4, 0.5) is 5.69 Å². The van der Waals surface area contributed by atoms with Crippen molar-refractivity contribution in [1.82, 2.24) is 4.72 Å². The van der Waals surface area contributed by atoms with Crippen LogP contribution in [0.5, 0.6) is 5.75 Å². The molecule has 0 radical (unpaired) electrons. The first kappa shape index (κ1) is 24.3. The molecule has 0 aromatic heterocycles. The number of aryl methyl sites for hydroxylation is 1. The summed E-state index contributed by atoms with van der Waals surface area (Å²) in [5, 5.41) is 3.29. The largest absolute Gasteiger partial charge is 0.497 e. The van der Waals surface area contributed by atoms with Gasteiger partial charge in [-0.2, -0.15) is 4.72 Å². The third-order valence-electron chi connectivity index (χ3n) is 5.06. The van der Waals surface area contributed by atoms with Crippen LogP contribution in [-0.4, -0.2) is 34.1 Å². The maximum absolute atomic E-state index is 13.2. The Balaban J connectivity index is 2.01. The molecular formula is C25H28N2O5S. The molecule has 0 bridgehead atoms. The highest BCUT2D eigenvalue weighted by atomic mass is 32.2. The number of anilines is 1. The van der Waals surface area contributed by atoms with Crippen molar-refractivity contribution >= 4 is 21.7 Å². The predicted octanol–water partition coefficient (Wildman–Crippen LogP) is 4.07. The second kappa shape index (κ2) is 11.0. The Morgan fingerprint density at radius 3 is 2.15 bits per heavy atom. The molecule has 3 aromatic carbocycles. The minimum absolute atomic E-state index is 0.0682. The fraction of sp³-hybridized carbons (Fsp3) is 0.240. The lowest BCUT2D eigenvalue weighted by atomic mass is 9.99. The van der Waals surface area contributed by atoms with E-state index in [9.17, 15) is 13.2 Å². The number of nitrogens with one attached hydrogen (secondary N) is 2. The van der Waals surface area contributed by atoms with Crippen molar-refractivity contribution in [3.63, 3.8) is 0 Å². The van der Waals surface area contributed by atoms with E-state index in [-0.39, 0.29) is 11.5 Å². The molecule has 2 atom stereocenters. The number of benzene rings is 3. The summed E-state index contributed by atoms with van der Waals surface area (Å²) in [4.78, 5) is 13.1. The van der Waals surface area contributed by atoms with Crippen molar-refractivity contribution in [2.75, 3.05) is 19.0 Å². The van der Waals surface area contributed by atoms with Gasteiger partial charge >= 0.3 is 5.97 Å². The summed E-state index contributed by atoms with van der Waals surface area (Å²) < 4.78 is 39.4. The molecule has 0 fully saturated rings. The standard InChI is InChI=1S/C25H28N2O5S/c1-4-32-25(28)24(27-33(29,30)22-16-10-18(2)11-17-22)23(19-8-6-5-7-9-19)26-20-12-14-21(31-3)15-13-20/h5-17,23-24,26-27H,4H2,1-3H3. The van der Waals surface area contributed by atoms with Crippen molar-refractivity contribution in [2.45, 2.75) is 30.8 Å². The summed E-state index contributed by atoms with van der Waals surface area (Å²) in [7, 11) is -2.43. The van der Waals surface area contributed by atoms with Crippen LogP contribution in [0.25, 0.3) is 0 Å². The van der Waals surface area contributed by atoms with Gasteiger partial charge in [-0.3, -0.25) is 4.79 Å². The Bertz CT molecular complexity index is 1150. The Morgan fingerprint density at radius 2 is 1.58 bits per heavy atom. The number of hydrogen-bond acceptors (Lipinski definition) is 6. The molecule has 3 aromatic rings. The fourth-order valence-corrected chi connectivity index (χ4v) is 4.52. The summed E-state index contributed by atoms with van der Waals surface area (Å²) in [6.07, 6.45) is 0. The second-order valence-corrected chi connectivity index (χ2v) is 9.14. The molecule has 174 valence electrons. The van der Waals surface area contributed by atoms with Crippen molar-refractivity contribution in [3.8, 4) is 5.75 Å². The van der Waals surface area contributed by atoms with Crippen LogP contribution in [0.15, 0.2) is 83.8 Å². The molecule has 8 heteroatoms. The van der Waals surface area contributed by atoms with Gasteiger partial charge in [0.25, 0.3) is 0 Å². The number of hydrogen-bond donors (Lipinski definition) is 2. The van der Waals surface area contributed by atoms with Crippen LogP contribution >= 0.6 is 0 Å². The van der Waals surface area contributed by atoms with Gasteiger partial charge in [-0.25, -0.2) is 8.42 Å². The number of rotatable bonds is 10. The summed E-state index contributed by atoms with van der Waals surface area (Å²) in [6.45, 7) is 3.67. The molecule has 33 heavy (non-hydrogen) atoms. The SMILES string of the molecule is CCOC(=O)C(NS(=O)(=O)c1ccc(C)cc1)C(Nc1ccc(OC)cc1)c1ccccc1. The van der Waals surface area contributed by atoms with Gasteiger partial charge < -0.3 is 14.8 Å². The number of esters is 1. The highest BCUT2D eigenvalue weighted by Gasteiger charge is 2.35. The van der Waals surface area contributed by atoms with E-state index in [4.69, 9.17) is 9.47 Å². The molecule has 3 rings (SSSR count). The Morgan fingerprint density at radius 1 is 0.939 bits per heavy atom. The maximum atomic E-state index is 13.2. The molecule has 2 N–H and O–H groups in total. The van der Waals surface area contributed by atoms with Crippen LogP contribution < -0.4 is 14.8 Å². The first-order valence-corrected chi connectivity index (χ1v) is 12.0. The number of carbonyl (C=O) groups excluding carboxylic acids is 1. The maximum Gasteiger partial charge on any atom is 0.326 e. The monoisotopic (exact) mass is 468 g/mol. The zero-order valence-corrected chi connectivity index (χ0v) is 19.6. The van der Waals surface area contributed by atoms with E-state index in [1.807, 2.05) is 37.3 Å². The lowest BCUT2D eigenvalue weighted by molar-refractivity contribution is -0.145. The van der Waals surface area contributed by atoms with Crippen LogP contribution in [0.3, 0.4) is 0 Å². The van der Waals surface area contributed by atoms with Gasteiger partial charge in [0.1, 0.15) is 11.8 Å². The molecule has 0 aliphatic carbocycles. The summed E-state index contributed by atoms with van der Waals surface area (Å²) >= 11 is 0. The number of sulfonamides is 1. The molecule has 0 aliphatic heterocycles. The van der Waals surface area contributed by atoms with Crippen molar-refractivity contribution in [1.29, 1.82) is 0 Å². The zero-order valence-electron chi connectivity index (χ0n) is 18.8. The van der Waals surface area contributed by atoms with Gasteiger partial charge in [0.05, 0.1) is 24.7 Å². The highest BCUT2D eigenvalue weighted by Crippen LogP contribution is 2.26. The van der Waals surface area contributed by atoms with E-state index in [1.165, 1.54) is 12.1 Å². The van der Waals surface area contributed by atoms with Gasteiger partial charge in [-0.1, -0.05) is 48.0 Å². The van der Waals surface area contributed by atoms with Crippen molar-refractivity contribution < 1.29 is 22.7 Å². The Labute approximate surface area is 194 Å². The van der Waals surface area contributed by atoms with Gasteiger partial charge in [0.2, 0.25) is 10.0 Å². The van der Waals surface area contributed by atoms with Gasteiger partial charge in [0, 0.05) is 5.69 Å². The first-order chi connectivity index (χ1) is 15.8. The summed E-state index contributed by atoms with van der Waals surface area (Å²) in [5.74, 6) is 0.00174. The van der Waals surface area contributed by atoms with E-state index >= 15 is 0 Å². The Kier molecular flexibility index (Phi) is 8.08. The molecule has 0 heterocycles. The molecular weight excluding hydrogens is 440 g/mol. The van der Waals surface area contributed by atoms with Crippen LogP contribution in [0, 0.1) is 6.92 Å². The van der Waals surface area contributed by atoms with Gasteiger partial charge in [-0.05, 0) is 55.8 Å². The zero-order chi connectivity index (χ0) is 23.8. The van der Waals surface area contributed by atoms with Crippen molar-refractivity contribution in [3.05, 3.63) is 90.0 Å². The van der Waals surface area contributed by atoms with E-state index < -0.39 is 28.1 Å². The smallest absolute Gasteiger partial charge is 0.326 e. The highest BCUT2D eigenvalue weighted by molar-refractivity contribution is 7.89. The van der Waals surface area contributed by atoms with Crippen LogP contribution in [0.2, 0.25) is 0 Å². The fourth-order valence-electron chi connectivity index (χ4n) is 3.32. The average Bonchev–Trinajstić information content (AvgIpc) is 2.82. The lowest BCUT2D eigenvalue weighted by Crippen LogP contribution is -2.48. The molecule has 0 spiro atoms. The molecule has 7 nitrogen and oxygen atoms in total. The lowest BCUT2D eigenvalue weighted by Gasteiger charge is -2.28. The minimum Gasteiger partial charge on any atom is -0.497 e. The van der Waals surface area contributed by atoms with Crippen LogP contribution in [0.1, 0.15) is 24.1 Å². The summed E-state index contributed by atoms with van der Waals surface area (Å²) in [5.41, 5.74) is 2.34. The summed E-state index contributed by atoms with van der Waals surface area (Å²) in [6, 6.07) is 20.8. The minimum atomic E-state index is -4.01. The molecule has 2 unspecified atom stereocenters. The van der Waals surface area contributed by atoms with E-state index in [0.717, 1.165) is 11.1 Å². The van der Waals surface area contributed by atoms with E-state index in [0.29, 0.717) is 11.4 Å². The topological polar surface area (TPSA) is 93.7 Å². The third-order valence-corrected chi connectivity index (χ3v) is 6.52. The number of methoxy groups -OCH3 is 1. The molecule has 0 saturated heterocycles. The average molecular weight is 469 g/mol. The van der Waals surface area contributed by atoms with Crippen LogP contribution in [-0.2, 0) is 19.6 Å². The van der Waals surface area contributed by atoms with Crippen molar-refractivity contribution in [2.24, 2.45) is 0 Å². The first-order valence-electron chi connectivity index (χ1n) is 10.5.